The molecule has 0 saturated carbocycles. The Kier molecular flexibility index (Phi) is 4.89. The number of anilines is 1. The first kappa shape index (κ1) is 15.4. The van der Waals surface area contributed by atoms with Crippen molar-refractivity contribution < 1.29 is 9.53 Å². The molecule has 1 aromatic carbocycles. The predicted octanol–water partition coefficient (Wildman–Crippen LogP) is 4.34. The molecular formula is C17H24N2O2. The van der Waals surface area contributed by atoms with Crippen molar-refractivity contribution in [2.75, 3.05) is 11.6 Å². The van der Waals surface area contributed by atoms with Crippen molar-refractivity contribution in [2.24, 2.45) is 0 Å². The van der Waals surface area contributed by atoms with Gasteiger partial charge in [-0.3, -0.25) is 5.01 Å². The number of hydrazine groups is 1. The molecule has 0 saturated heterocycles. The van der Waals surface area contributed by atoms with Gasteiger partial charge in [-0.05, 0) is 52.2 Å². The highest BCUT2D eigenvalue weighted by Gasteiger charge is 2.26. The standard InChI is InChI=1S/C17H24N2O2/c1-17(2,3)21-16(20)19-14-10-5-4-9-13-18(19)15-11-7-6-8-12-15/h6-8,10-12,14H,4-5,9,13H2,1-3H3/b14-10-. The third-order valence-electron chi connectivity index (χ3n) is 3.13. The summed E-state index contributed by atoms with van der Waals surface area (Å²) in [6.45, 7) is 6.44. The summed E-state index contributed by atoms with van der Waals surface area (Å²) in [7, 11) is 0. The first-order chi connectivity index (χ1) is 9.97. The fourth-order valence-corrected chi connectivity index (χ4v) is 2.21. The van der Waals surface area contributed by atoms with Crippen LogP contribution >= 0.6 is 0 Å². The lowest BCUT2D eigenvalue weighted by molar-refractivity contribution is 0.0313. The molecule has 0 fully saturated rings. The second-order valence-corrected chi connectivity index (χ2v) is 6.16. The second-order valence-electron chi connectivity index (χ2n) is 6.16. The minimum Gasteiger partial charge on any atom is -0.442 e. The first-order valence-electron chi connectivity index (χ1n) is 7.49. The van der Waals surface area contributed by atoms with Crippen LogP contribution in [0.25, 0.3) is 0 Å². The topological polar surface area (TPSA) is 32.8 Å². The van der Waals surface area contributed by atoms with E-state index in [9.17, 15) is 4.79 Å². The molecule has 0 bridgehead atoms. The number of rotatable bonds is 1. The van der Waals surface area contributed by atoms with Gasteiger partial charge in [0.2, 0.25) is 0 Å². The van der Waals surface area contributed by atoms with Crippen LogP contribution in [0, 0.1) is 0 Å². The van der Waals surface area contributed by atoms with Crippen LogP contribution in [-0.4, -0.2) is 23.2 Å². The van der Waals surface area contributed by atoms with E-state index in [1.54, 1.807) is 5.01 Å². The average molecular weight is 288 g/mol. The van der Waals surface area contributed by atoms with E-state index in [0.29, 0.717) is 0 Å². The van der Waals surface area contributed by atoms with Crippen molar-refractivity contribution in [3.63, 3.8) is 0 Å². The highest BCUT2D eigenvalue weighted by Crippen LogP contribution is 2.22. The molecule has 4 heteroatoms. The molecule has 21 heavy (non-hydrogen) atoms. The minimum absolute atomic E-state index is 0.343. The van der Waals surface area contributed by atoms with Crippen LogP contribution in [0.2, 0.25) is 0 Å². The number of nitrogens with zero attached hydrogens (tertiary/aromatic N) is 2. The van der Waals surface area contributed by atoms with Crippen LogP contribution in [0.15, 0.2) is 42.6 Å². The van der Waals surface area contributed by atoms with Gasteiger partial charge in [-0.15, -0.1) is 0 Å². The van der Waals surface area contributed by atoms with Gasteiger partial charge in [0.05, 0.1) is 5.69 Å². The maximum atomic E-state index is 12.5. The van der Waals surface area contributed by atoms with Gasteiger partial charge in [0, 0.05) is 12.7 Å². The van der Waals surface area contributed by atoms with Crippen molar-refractivity contribution in [1.29, 1.82) is 0 Å². The lowest BCUT2D eigenvalue weighted by Gasteiger charge is -2.36. The van der Waals surface area contributed by atoms with Crippen molar-refractivity contribution in [1.82, 2.24) is 5.01 Å². The van der Waals surface area contributed by atoms with E-state index >= 15 is 0 Å². The van der Waals surface area contributed by atoms with E-state index in [1.807, 2.05) is 68.4 Å². The highest BCUT2D eigenvalue weighted by molar-refractivity contribution is 5.72. The number of carbonyl (C=O) groups excluding carboxylic acids is 1. The Morgan fingerprint density at radius 3 is 2.52 bits per heavy atom. The van der Waals surface area contributed by atoms with E-state index in [0.717, 1.165) is 31.5 Å². The number of ether oxygens (including phenoxy) is 1. The third-order valence-corrected chi connectivity index (χ3v) is 3.13. The second kappa shape index (κ2) is 6.66. The van der Waals surface area contributed by atoms with E-state index in [2.05, 4.69) is 0 Å². The Hall–Kier alpha value is -1.97. The SMILES string of the molecule is CC(C)(C)OC(=O)N1/C=C\CCCCN1c1ccccc1. The zero-order chi connectivity index (χ0) is 15.3. The summed E-state index contributed by atoms with van der Waals surface area (Å²) in [5.41, 5.74) is 0.491. The maximum absolute atomic E-state index is 12.5. The Morgan fingerprint density at radius 1 is 1.14 bits per heavy atom. The fraction of sp³-hybridized carbons (Fsp3) is 0.471. The van der Waals surface area contributed by atoms with Crippen molar-refractivity contribution in [2.45, 2.75) is 45.6 Å². The van der Waals surface area contributed by atoms with Gasteiger partial charge in [-0.25, -0.2) is 4.79 Å². The minimum atomic E-state index is -0.504. The van der Waals surface area contributed by atoms with Gasteiger partial charge in [0.25, 0.3) is 0 Å². The summed E-state index contributed by atoms with van der Waals surface area (Å²) >= 11 is 0. The number of para-hydroxylation sites is 1. The van der Waals surface area contributed by atoms with Gasteiger partial charge in [-0.1, -0.05) is 24.3 Å². The summed E-state index contributed by atoms with van der Waals surface area (Å²) in [5, 5.41) is 3.56. The molecule has 0 spiro atoms. The number of carbonyl (C=O) groups is 1. The van der Waals surface area contributed by atoms with Gasteiger partial charge in [-0.2, -0.15) is 5.01 Å². The van der Waals surface area contributed by atoms with Crippen molar-refractivity contribution >= 4 is 11.8 Å². The van der Waals surface area contributed by atoms with E-state index in [-0.39, 0.29) is 6.09 Å². The Morgan fingerprint density at radius 2 is 1.86 bits per heavy atom. The molecule has 4 nitrogen and oxygen atoms in total. The van der Waals surface area contributed by atoms with Crippen LogP contribution < -0.4 is 5.01 Å². The summed E-state index contributed by atoms with van der Waals surface area (Å²) in [4.78, 5) is 12.5. The summed E-state index contributed by atoms with van der Waals surface area (Å²) in [6, 6.07) is 9.94. The molecule has 0 radical (unpaired) electrons. The predicted molar refractivity (Wildman–Crippen MR) is 84.9 cm³/mol. The summed E-state index contributed by atoms with van der Waals surface area (Å²) in [6.07, 6.45) is 6.66. The molecule has 0 atom stereocenters. The van der Waals surface area contributed by atoms with Gasteiger partial charge < -0.3 is 4.74 Å². The smallest absolute Gasteiger partial charge is 0.433 e. The van der Waals surface area contributed by atoms with Gasteiger partial charge in [0.15, 0.2) is 0 Å². The van der Waals surface area contributed by atoms with Crippen LogP contribution in [-0.2, 0) is 4.74 Å². The average Bonchev–Trinajstić information content (AvgIpc) is 2.37. The molecule has 0 N–H and O–H groups in total. The largest absolute Gasteiger partial charge is 0.442 e. The fourth-order valence-electron chi connectivity index (χ4n) is 2.21. The Balaban J connectivity index is 2.26. The number of hydrogen-bond donors (Lipinski definition) is 0. The van der Waals surface area contributed by atoms with E-state index < -0.39 is 5.60 Å². The van der Waals surface area contributed by atoms with Crippen LogP contribution in [0.4, 0.5) is 10.5 Å². The number of hydrogen-bond acceptors (Lipinski definition) is 3. The molecule has 1 aromatic rings. The molecular weight excluding hydrogens is 264 g/mol. The highest BCUT2D eigenvalue weighted by atomic mass is 16.6. The molecule has 1 aliphatic heterocycles. The van der Waals surface area contributed by atoms with Crippen LogP contribution in [0.3, 0.4) is 0 Å². The molecule has 0 unspecified atom stereocenters. The number of amides is 1. The molecule has 114 valence electrons. The number of allylic oxidation sites excluding steroid dienone is 1. The molecule has 0 aliphatic carbocycles. The normalized spacial score (nSPS) is 17.9. The Bertz CT molecular complexity index is 491. The Labute approximate surface area is 127 Å². The zero-order valence-corrected chi connectivity index (χ0v) is 13.1. The van der Waals surface area contributed by atoms with E-state index in [1.165, 1.54) is 0 Å². The van der Waals surface area contributed by atoms with Crippen LogP contribution in [0.1, 0.15) is 40.0 Å². The van der Waals surface area contributed by atoms with E-state index in [4.69, 9.17) is 4.74 Å². The van der Waals surface area contributed by atoms with Gasteiger partial charge >= 0.3 is 6.09 Å². The molecule has 0 aromatic heterocycles. The molecule has 1 aliphatic rings. The zero-order valence-electron chi connectivity index (χ0n) is 13.1. The number of benzene rings is 1. The van der Waals surface area contributed by atoms with Crippen molar-refractivity contribution in [3.05, 3.63) is 42.6 Å². The lowest BCUT2D eigenvalue weighted by Crippen LogP contribution is -2.46. The lowest BCUT2D eigenvalue weighted by atomic mass is 10.2. The van der Waals surface area contributed by atoms with Crippen LogP contribution in [0.5, 0.6) is 0 Å². The first-order valence-corrected chi connectivity index (χ1v) is 7.49. The summed E-state index contributed by atoms with van der Waals surface area (Å²) in [5.74, 6) is 0. The monoisotopic (exact) mass is 288 g/mol. The molecule has 2 rings (SSSR count). The molecule has 1 heterocycles. The maximum Gasteiger partial charge on any atom is 0.433 e. The van der Waals surface area contributed by atoms with Gasteiger partial charge in [0.1, 0.15) is 5.60 Å². The third kappa shape index (κ3) is 4.52. The molecule has 1 amide bonds. The summed E-state index contributed by atoms with van der Waals surface area (Å²) < 4.78 is 5.52. The van der Waals surface area contributed by atoms with Crippen molar-refractivity contribution in [3.8, 4) is 0 Å². The quantitative estimate of drug-likeness (QED) is 0.770.